The molecule has 0 spiro atoms. The van der Waals surface area contributed by atoms with Crippen LogP contribution in [0.2, 0.25) is 0 Å². The van der Waals surface area contributed by atoms with Crippen molar-refractivity contribution in [2.45, 2.75) is 64.4 Å². The van der Waals surface area contributed by atoms with Crippen molar-refractivity contribution in [3.05, 3.63) is 29.8 Å². The molecule has 0 unspecified atom stereocenters. The second kappa shape index (κ2) is 9.30. The lowest BCUT2D eigenvalue weighted by Crippen LogP contribution is -2.23. The van der Waals surface area contributed by atoms with Crippen LogP contribution in [-0.4, -0.2) is 24.6 Å². The molecule has 3 N–H and O–H groups in total. The van der Waals surface area contributed by atoms with Crippen LogP contribution in [0.25, 0.3) is 0 Å². The standard InChI is InChI=1S/C19H29N3O2/c1-14(2)15-7-5-8-16(13-15)22-19(20)21-12-6-11-18(23)24-17-9-3-4-10-17/h5,7-8,13-14,17H,3-4,6,9-12H2,1-2H3,(H3,20,21,22). The van der Waals surface area contributed by atoms with Crippen LogP contribution in [0.5, 0.6) is 0 Å². The van der Waals surface area contributed by atoms with Gasteiger partial charge in [-0.2, -0.15) is 0 Å². The van der Waals surface area contributed by atoms with E-state index in [0.29, 0.717) is 31.3 Å². The van der Waals surface area contributed by atoms with Crippen LogP contribution in [0.1, 0.15) is 63.9 Å². The van der Waals surface area contributed by atoms with E-state index < -0.39 is 0 Å². The molecule has 0 aliphatic heterocycles. The molecule has 1 aromatic carbocycles. The zero-order valence-electron chi connectivity index (χ0n) is 14.8. The Labute approximate surface area is 144 Å². The second-order valence-electron chi connectivity index (χ2n) is 6.67. The van der Waals surface area contributed by atoms with Crippen molar-refractivity contribution >= 4 is 17.6 Å². The number of carbonyl (C=O) groups is 1. The normalized spacial score (nSPS) is 15.7. The number of anilines is 1. The number of hydrogen-bond donors (Lipinski definition) is 2. The zero-order chi connectivity index (χ0) is 17.4. The number of hydrogen-bond acceptors (Lipinski definition) is 3. The summed E-state index contributed by atoms with van der Waals surface area (Å²) >= 11 is 0. The topological polar surface area (TPSA) is 76.7 Å². The van der Waals surface area contributed by atoms with Crippen molar-refractivity contribution in [1.29, 1.82) is 0 Å². The van der Waals surface area contributed by atoms with Crippen molar-refractivity contribution in [3.63, 3.8) is 0 Å². The average molecular weight is 331 g/mol. The Kier molecular flexibility index (Phi) is 7.09. The molecule has 5 heteroatoms. The third kappa shape index (κ3) is 6.22. The summed E-state index contributed by atoms with van der Waals surface area (Å²) in [6.07, 6.45) is 5.55. The Morgan fingerprint density at radius 1 is 1.38 bits per heavy atom. The number of benzene rings is 1. The Bertz CT molecular complexity index is 563. The molecule has 0 radical (unpaired) electrons. The van der Waals surface area contributed by atoms with Crippen molar-refractivity contribution in [2.75, 3.05) is 11.9 Å². The van der Waals surface area contributed by atoms with Crippen LogP contribution in [-0.2, 0) is 9.53 Å². The van der Waals surface area contributed by atoms with E-state index in [1.54, 1.807) is 0 Å². The maximum Gasteiger partial charge on any atom is 0.306 e. The van der Waals surface area contributed by atoms with E-state index in [1.165, 1.54) is 18.4 Å². The Morgan fingerprint density at radius 3 is 2.83 bits per heavy atom. The summed E-state index contributed by atoms with van der Waals surface area (Å²) in [4.78, 5) is 16.0. The maximum absolute atomic E-state index is 11.7. The van der Waals surface area contributed by atoms with E-state index in [4.69, 9.17) is 10.5 Å². The van der Waals surface area contributed by atoms with E-state index >= 15 is 0 Å². The van der Waals surface area contributed by atoms with Crippen LogP contribution in [0.3, 0.4) is 0 Å². The molecule has 24 heavy (non-hydrogen) atoms. The van der Waals surface area contributed by atoms with E-state index in [0.717, 1.165) is 18.5 Å². The molecule has 1 aliphatic rings. The minimum Gasteiger partial charge on any atom is -0.462 e. The van der Waals surface area contributed by atoms with Crippen LogP contribution in [0.15, 0.2) is 29.3 Å². The van der Waals surface area contributed by atoms with Gasteiger partial charge in [0.15, 0.2) is 5.96 Å². The first-order valence-electron chi connectivity index (χ1n) is 8.91. The summed E-state index contributed by atoms with van der Waals surface area (Å²) in [6, 6.07) is 8.14. The number of guanidine groups is 1. The molecule has 0 bridgehead atoms. The predicted molar refractivity (Wildman–Crippen MR) is 98.2 cm³/mol. The Morgan fingerprint density at radius 2 is 2.12 bits per heavy atom. The molecule has 1 aliphatic carbocycles. The highest BCUT2D eigenvalue weighted by molar-refractivity contribution is 5.92. The molecule has 5 nitrogen and oxygen atoms in total. The number of esters is 1. The largest absolute Gasteiger partial charge is 0.462 e. The lowest BCUT2D eigenvalue weighted by Gasteiger charge is -2.11. The summed E-state index contributed by atoms with van der Waals surface area (Å²) in [5.41, 5.74) is 8.09. The van der Waals surface area contributed by atoms with E-state index in [1.807, 2.05) is 12.1 Å². The van der Waals surface area contributed by atoms with Gasteiger partial charge in [-0.25, -0.2) is 0 Å². The number of carbonyl (C=O) groups excluding carboxylic acids is 1. The Hall–Kier alpha value is -2.04. The summed E-state index contributed by atoms with van der Waals surface area (Å²) in [6.45, 7) is 4.82. The minimum absolute atomic E-state index is 0.117. The summed E-state index contributed by atoms with van der Waals surface area (Å²) in [7, 11) is 0. The van der Waals surface area contributed by atoms with Gasteiger partial charge >= 0.3 is 5.97 Å². The highest BCUT2D eigenvalue weighted by Crippen LogP contribution is 2.21. The van der Waals surface area contributed by atoms with E-state index in [9.17, 15) is 4.79 Å². The summed E-state index contributed by atoms with van der Waals surface area (Å²) < 4.78 is 5.42. The van der Waals surface area contributed by atoms with Gasteiger partial charge in [0.25, 0.3) is 0 Å². The minimum atomic E-state index is -0.117. The van der Waals surface area contributed by atoms with Gasteiger partial charge in [-0.05, 0) is 55.7 Å². The molecule has 132 valence electrons. The summed E-state index contributed by atoms with van der Waals surface area (Å²) in [5.74, 6) is 0.726. The van der Waals surface area contributed by atoms with Crippen molar-refractivity contribution in [3.8, 4) is 0 Å². The highest BCUT2D eigenvalue weighted by atomic mass is 16.5. The van der Waals surface area contributed by atoms with Crippen LogP contribution < -0.4 is 11.1 Å². The van der Waals surface area contributed by atoms with Gasteiger partial charge in [-0.15, -0.1) is 0 Å². The van der Waals surface area contributed by atoms with Crippen LogP contribution in [0.4, 0.5) is 5.69 Å². The molecule has 1 fully saturated rings. The first-order valence-corrected chi connectivity index (χ1v) is 8.91. The predicted octanol–water partition coefficient (Wildman–Crippen LogP) is 3.80. The molecule has 0 atom stereocenters. The average Bonchev–Trinajstić information content (AvgIpc) is 3.04. The van der Waals surface area contributed by atoms with Crippen molar-refractivity contribution in [2.24, 2.45) is 10.7 Å². The van der Waals surface area contributed by atoms with Crippen LogP contribution in [0, 0.1) is 0 Å². The maximum atomic E-state index is 11.7. The fourth-order valence-electron chi connectivity index (χ4n) is 2.84. The molecular weight excluding hydrogens is 302 g/mol. The Balaban J connectivity index is 1.69. The van der Waals surface area contributed by atoms with Gasteiger partial charge in [0.1, 0.15) is 6.10 Å². The second-order valence-corrected chi connectivity index (χ2v) is 6.67. The first kappa shape index (κ1) is 18.3. The molecular formula is C19H29N3O2. The lowest BCUT2D eigenvalue weighted by atomic mass is 10.0. The van der Waals surface area contributed by atoms with Gasteiger partial charge in [0, 0.05) is 18.7 Å². The lowest BCUT2D eigenvalue weighted by molar-refractivity contribution is -0.148. The molecule has 0 aromatic heterocycles. The van der Waals surface area contributed by atoms with Gasteiger partial charge in [-0.3, -0.25) is 9.79 Å². The smallest absolute Gasteiger partial charge is 0.306 e. The van der Waals surface area contributed by atoms with E-state index in [2.05, 4.69) is 36.3 Å². The number of nitrogens with two attached hydrogens (primary N) is 1. The van der Waals surface area contributed by atoms with Crippen molar-refractivity contribution < 1.29 is 9.53 Å². The molecule has 0 saturated heterocycles. The molecule has 1 saturated carbocycles. The number of ether oxygens (including phenoxy) is 1. The van der Waals surface area contributed by atoms with E-state index in [-0.39, 0.29) is 12.1 Å². The molecule has 0 heterocycles. The molecule has 2 rings (SSSR count). The molecule has 1 aromatic rings. The highest BCUT2D eigenvalue weighted by Gasteiger charge is 2.18. The van der Waals surface area contributed by atoms with Crippen LogP contribution >= 0.6 is 0 Å². The third-order valence-electron chi connectivity index (χ3n) is 4.25. The number of aliphatic imine (C=N–C) groups is 1. The first-order chi connectivity index (χ1) is 11.5. The SMILES string of the molecule is CC(C)c1cccc(NC(N)=NCCCC(=O)OC2CCCC2)c1. The van der Waals surface area contributed by atoms with Gasteiger partial charge in [0.2, 0.25) is 0 Å². The molecule has 0 amide bonds. The monoisotopic (exact) mass is 331 g/mol. The number of nitrogens with zero attached hydrogens (tertiary/aromatic N) is 1. The number of nitrogens with one attached hydrogen (secondary N) is 1. The van der Waals surface area contributed by atoms with Gasteiger partial charge in [0.05, 0.1) is 0 Å². The fraction of sp³-hybridized carbons (Fsp3) is 0.579. The van der Waals surface area contributed by atoms with Gasteiger partial charge < -0.3 is 15.8 Å². The zero-order valence-corrected chi connectivity index (χ0v) is 14.8. The quantitative estimate of drug-likeness (QED) is 0.345. The van der Waals surface area contributed by atoms with Crippen molar-refractivity contribution in [1.82, 2.24) is 0 Å². The summed E-state index contributed by atoms with van der Waals surface area (Å²) in [5, 5.41) is 3.10. The number of rotatable bonds is 7. The van der Waals surface area contributed by atoms with Gasteiger partial charge in [-0.1, -0.05) is 26.0 Å². The third-order valence-corrected chi connectivity index (χ3v) is 4.25. The fourth-order valence-corrected chi connectivity index (χ4v) is 2.84.